The van der Waals surface area contributed by atoms with Crippen LogP contribution in [0, 0.1) is 27.7 Å². The van der Waals surface area contributed by atoms with E-state index in [1.54, 1.807) is 13.3 Å². The molecule has 2 aromatic carbocycles. The fourth-order valence-electron chi connectivity index (χ4n) is 5.50. The molecule has 200 valence electrons. The van der Waals surface area contributed by atoms with E-state index < -0.39 is 0 Å². The van der Waals surface area contributed by atoms with Gasteiger partial charge in [0.25, 0.3) is 0 Å². The molecule has 8 heteroatoms. The van der Waals surface area contributed by atoms with Gasteiger partial charge in [-0.25, -0.2) is 0 Å². The van der Waals surface area contributed by atoms with E-state index in [-0.39, 0.29) is 18.0 Å². The van der Waals surface area contributed by atoms with Crippen LogP contribution in [0.2, 0.25) is 0 Å². The molecule has 0 aliphatic carbocycles. The number of hydrogen-bond donors (Lipinski definition) is 2. The van der Waals surface area contributed by atoms with Crippen molar-refractivity contribution in [2.24, 2.45) is 0 Å². The van der Waals surface area contributed by atoms with Crippen LogP contribution in [-0.2, 0) is 4.79 Å². The van der Waals surface area contributed by atoms with Gasteiger partial charge in [-0.15, -0.1) is 0 Å². The van der Waals surface area contributed by atoms with E-state index in [0.717, 1.165) is 28.3 Å². The highest BCUT2D eigenvalue weighted by Gasteiger charge is 2.42. The van der Waals surface area contributed by atoms with Crippen molar-refractivity contribution in [3.8, 4) is 11.4 Å². The summed E-state index contributed by atoms with van der Waals surface area (Å²) in [7, 11) is 1.59. The average molecular weight is 540 g/mol. The summed E-state index contributed by atoms with van der Waals surface area (Å²) in [5.74, 6) is 0.408. The third-order valence-electron chi connectivity index (χ3n) is 7.26. The van der Waals surface area contributed by atoms with Gasteiger partial charge in [0.1, 0.15) is 5.75 Å². The summed E-state index contributed by atoms with van der Waals surface area (Å²) in [5.41, 5.74) is 9.35. The molecule has 1 amide bonds. The molecule has 2 aromatic heterocycles. The van der Waals surface area contributed by atoms with Crippen molar-refractivity contribution in [3.63, 3.8) is 0 Å². The van der Waals surface area contributed by atoms with Crippen LogP contribution in [-0.4, -0.2) is 27.7 Å². The van der Waals surface area contributed by atoms with Crippen LogP contribution < -0.4 is 20.3 Å². The summed E-state index contributed by atoms with van der Waals surface area (Å²) in [6.45, 7) is 10.0. The zero-order valence-electron chi connectivity index (χ0n) is 23.1. The van der Waals surface area contributed by atoms with Gasteiger partial charge in [-0.1, -0.05) is 18.2 Å². The predicted molar refractivity (Wildman–Crippen MR) is 160 cm³/mol. The summed E-state index contributed by atoms with van der Waals surface area (Å²) in [5, 5.41) is 7.02. The van der Waals surface area contributed by atoms with Crippen molar-refractivity contribution in [2.75, 3.05) is 17.3 Å². The lowest BCUT2D eigenvalue weighted by Crippen LogP contribution is -2.29. The van der Waals surface area contributed by atoms with E-state index in [2.05, 4.69) is 72.1 Å². The number of nitrogens with zero attached hydrogens (tertiary/aromatic N) is 3. The second-order valence-electron chi connectivity index (χ2n) is 10.0. The number of rotatable bonds is 6. The standard InChI is InChI=1S/C31H33N5O2S/c1-18-10-11-19(2)27(15-18)35-20(3)16-24(21(35)4)30-29(25-9-7-8-14-32-25)34-31(39)36(30)23-12-13-28(38-6)26(17-23)33-22(5)37/h7-17,29-30H,1-6H3,(H,33,37)(H,34,39)/t29-,30+/m1/s1. The molecule has 3 heterocycles. The number of hydrogen-bond acceptors (Lipinski definition) is 4. The van der Waals surface area contributed by atoms with Crippen molar-refractivity contribution < 1.29 is 9.53 Å². The Balaban J connectivity index is 1.70. The first-order valence-electron chi connectivity index (χ1n) is 12.9. The molecule has 0 radical (unpaired) electrons. The van der Waals surface area contributed by atoms with Crippen LogP contribution in [0.15, 0.2) is 66.9 Å². The van der Waals surface area contributed by atoms with Gasteiger partial charge in [-0.05, 0) is 99.1 Å². The molecule has 1 aliphatic rings. The molecular weight excluding hydrogens is 506 g/mol. The molecule has 1 aliphatic heterocycles. The number of benzene rings is 2. The molecule has 39 heavy (non-hydrogen) atoms. The van der Waals surface area contributed by atoms with Gasteiger partial charge in [0.2, 0.25) is 5.91 Å². The number of anilines is 2. The predicted octanol–water partition coefficient (Wildman–Crippen LogP) is 6.25. The van der Waals surface area contributed by atoms with E-state index in [4.69, 9.17) is 21.9 Å². The topological polar surface area (TPSA) is 71.4 Å². The van der Waals surface area contributed by atoms with Gasteiger partial charge in [0, 0.05) is 35.9 Å². The normalized spacial score (nSPS) is 16.8. The van der Waals surface area contributed by atoms with Gasteiger partial charge in [-0.2, -0.15) is 0 Å². The van der Waals surface area contributed by atoms with Crippen molar-refractivity contribution in [1.82, 2.24) is 14.9 Å². The molecule has 0 unspecified atom stereocenters. The number of pyridine rings is 1. The highest BCUT2D eigenvalue weighted by Crippen LogP contribution is 2.45. The average Bonchev–Trinajstić information content (AvgIpc) is 3.40. The van der Waals surface area contributed by atoms with Crippen molar-refractivity contribution >= 4 is 34.6 Å². The van der Waals surface area contributed by atoms with Gasteiger partial charge < -0.3 is 24.8 Å². The fraction of sp³-hybridized carbons (Fsp3) is 0.258. The number of carbonyl (C=O) groups excluding carboxylic acids is 1. The minimum absolute atomic E-state index is 0.174. The number of ether oxygens (including phenoxy) is 1. The Labute approximate surface area is 234 Å². The first kappa shape index (κ1) is 26.4. The van der Waals surface area contributed by atoms with Crippen LogP contribution in [0.5, 0.6) is 5.75 Å². The molecule has 0 spiro atoms. The Bertz CT molecular complexity index is 1560. The number of aromatic nitrogens is 2. The van der Waals surface area contributed by atoms with Crippen LogP contribution in [0.3, 0.4) is 0 Å². The van der Waals surface area contributed by atoms with Gasteiger partial charge in [0.05, 0.1) is 30.6 Å². The second-order valence-corrected chi connectivity index (χ2v) is 10.4. The van der Waals surface area contributed by atoms with E-state index in [9.17, 15) is 4.79 Å². The van der Waals surface area contributed by atoms with E-state index in [1.807, 2.05) is 36.4 Å². The Morgan fingerprint density at radius 3 is 2.54 bits per heavy atom. The van der Waals surface area contributed by atoms with Crippen LogP contribution >= 0.6 is 12.2 Å². The number of thiocarbonyl (C=S) groups is 1. The molecule has 1 saturated heterocycles. The summed E-state index contributed by atoms with van der Waals surface area (Å²) in [4.78, 5) is 18.8. The van der Waals surface area contributed by atoms with Gasteiger partial charge in [0.15, 0.2) is 5.11 Å². The zero-order valence-corrected chi connectivity index (χ0v) is 23.9. The maximum Gasteiger partial charge on any atom is 0.221 e. The lowest BCUT2D eigenvalue weighted by Gasteiger charge is -2.29. The summed E-state index contributed by atoms with van der Waals surface area (Å²) in [6.07, 6.45) is 1.81. The number of carbonyl (C=O) groups is 1. The second kappa shape index (κ2) is 10.5. The maximum atomic E-state index is 11.9. The van der Waals surface area contributed by atoms with Crippen LogP contribution in [0.4, 0.5) is 11.4 Å². The molecule has 0 saturated carbocycles. The number of aryl methyl sites for hydroxylation is 3. The minimum atomic E-state index is -0.184. The van der Waals surface area contributed by atoms with Crippen molar-refractivity contribution in [2.45, 2.75) is 46.7 Å². The molecular formula is C31H33N5O2S. The molecule has 1 fully saturated rings. The summed E-state index contributed by atoms with van der Waals surface area (Å²) < 4.78 is 7.83. The third-order valence-corrected chi connectivity index (χ3v) is 7.58. The molecule has 5 rings (SSSR count). The number of methoxy groups -OCH3 is 1. The molecule has 4 aromatic rings. The minimum Gasteiger partial charge on any atom is -0.495 e. The molecule has 2 atom stereocenters. The van der Waals surface area contributed by atoms with E-state index in [0.29, 0.717) is 16.5 Å². The number of amides is 1. The summed E-state index contributed by atoms with van der Waals surface area (Å²) >= 11 is 5.94. The third kappa shape index (κ3) is 4.88. The van der Waals surface area contributed by atoms with Gasteiger partial charge >= 0.3 is 0 Å². The SMILES string of the molecule is COc1ccc(N2C(=S)N[C@H](c3ccccn3)[C@@H]2c2cc(C)n(-c3cc(C)ccc3C)c2C)cc1NC(C)=O. The maximum absolute atomic E-state index is 11.9. The van der Waals surface area contributed by atoms with Crippen molar-refractivity contribution in [3.05, 3.63) is 101 Å². The smallest absolute Gasteiger partial charge is 0.221 e. The highest BCUT2D eigenvalue weighted by molar-refractivity contribution is 7.80. The van der Waals surface area contributed by atoms with E-state index >= 15 is 0 Å². The summed E-state index contributed by atoms with van der Waals surface area (Å²) in [6, 6.07) is 20.1. The zero-order chi connectivity index (χ0) is 27.8. The quantitative estimate of drug-likeness (QED) is 0.282. The largest absolute Gasteiger partial charge is 0.495 e. The Kier molecular flexibility index (Phi) is 7.14. The number of nitrogens with one attached hydrogen (secondary N) is 2. The fourth-order valence-corrected chi connectivity index (χ4v) is 5.85. The lowest BCUT2D eigenvalue weighted by atomic mass is 9.96. The molecule has 0 bridgehead atoms. The van der Waals surface area contributed by atoms with Crippen LogP contribution in [0.25, 0.3) is 5.69 Å². The van der Waals surface area contributed by atoms with Crippen molar-refractivity contribution in [1.29, 1.82) is 0 Å². The van der Waals surface area contributed by atoms with E-state index in [1.165, 1.54) is 23.7 Å². The first-order chi connectivity index (χ1) is 18.7. The Morgan fingerprint density at radius 2 is 1.85 bits per heavy atom. The van der Waals surface area contributed by atoms with Gasteiger partial charge in [-0.3, -0.25) is 9.78 Å². The Hall–Kier alpha value is -4.17. The lowest BCUT2D eigenvalue weighted by molar-refractivity contribution is -0.114. The molecule has 7 nitrogen and oxygen atoms in total. The monoisotopic (exact) mass is 539 g/mol. The highest BCUT2D eigenvalue weighted by atomic mass is 32.1. The Morgan fingerprint density at radius 1 is 1.05 bits per heavy atom. The first-order valence-corrected chi connectivity index (χ1v) is 13.3. The van der Waals surface area contributed by atoms with Crippen LogP contribution in [0.1, 0.15) is 52.8 Å². The molecule has 2 N–H and O–H groups in total.